The van der Waals surface area contributed by atoms with Crippen molar-refractivity contribution >= 4 is 40.3 Å². The average molecular weight is 758 g/mol. The molecule has 4 nitrogen and oxygen atoms in total. The third kappa shape index (κ3) is 6.19. The standard InChI is InChI=1S/C51H48N4Si/c1-5-19-37(20-6-1)39-23-17-29-43(35-39)56(41-25-9-3-10-26-41,42-27-11-4-12-28-42)44-30-18-24-40(36-44)50-52-49(38-21-7-2-8-22-38)53-51(54-50)55-47-33-15-13-31-45(47)46-32-14-16-34-48(46)55/h1-2,5-8,13-24,29-36,41-42H,3-4,9-12,25-28H2/i2D,7D,8D,13D,14D,15D,16D,21D,22D,31D,32D,33D,34D. The zero-order chi connectivity index (χ0) is 48.6. The zero-order valence-corrected chi connectivity index (χ0v) is 32.0. The van der Waals surface area contributed by atoms with Gasteiger partial charge in [-0.1, -0.05) is 220 Å². The van der Waals surface area contributed by atoms with Gasteiger partial charge in [-0.05, 0) is 34.3 Å². The van der Waals surface area contributed by atoms with E-state index in [1.54, 1.807) is 0 Å². The lowest BCUT2D eigenvalue weighted by Crippen LogP contribution is -2.65. The third-order valence-corrected chi connectivity index (χ3v) is 18.4. The molecule has 2 aliphatic rings. The molecule has 276 valence electrons. The highest BCUT2D eigenvalue weighted by atomic mass is 28.3. The van der Waals surface area contributed by atoms with E-state index in [1.807, 2.05) is 18.2 Å². The first kappa shape index (κ1) is 23.4. The SMILES string of the molecule is [2H]c1c([2H])c([2H])c(-c2nc(-c3cccc([Si](c4cccc(-c5ccccc5)c4)(C4CCCCC4)C4CCCCC4)c3)nc(-n3c4c([2H])c([2H])c([2H])c([2H])c4c4c([2H])c([2H])c([2H])c([2H])c43)n2)c([2H])c1[2H]. The van der Waals surface area contributed by atoms with Gasteiger partial charge in [-0.2, -0.15) is 9.97 Å². The van der Waals surface area contributed by atoms with Crippen LogP contribution in [0.2, 0.25) is 11.1 Å². The van der Waals surface area contributed by atoms with E-state index in [-0.39, 0.29) is 45.0 Å². The Morgan fingerprint density at radius 2 is 0.964 bits per heavy atom. The van der Waals surface area contributed by atoms with Crippen LogP contribution in [0.3, 0.4) is 0 Å². The molecule has 0 saturated heterocycles. The van der Waals surface area contributed by atoms with Crippen LogP contribution in [0.1, 0.15) is 82.0 Å². The van der Waals surface area contributed by atoms with Crippen molar-refractivity contribution in [2.24, 2.45) is 0 Å². The molecular weight excluding hydrogens is 697 g/mol. The van der Waals surface area contributed by atoms with Crippen molar-refractivity contribution in [3.63, 3.8) is 0 Å². The number of aromatic nitrogens is 4. The van der Waals surface area contributed by atoms with E-state index in [9.17, 15) is 2.74 Å². The summed E-state index contributed by atoms with van der Waals surface area (Å²) in [5.41, 5.74) is 2.90. The highest BCUT2D eigenvalue weighted by molar-refractivity contribution is 7.04. The normalized spacial score (nSPS) is 19.0. The molecule has 2 heterocycles. The number of fused-ring (bicyclic) bond motifs is 3. The molecule has 6 aromatic carbocycles. The average Bonchev–Trinajstić information content (AvgIpc) is 3.75. The Hall–Kier alpha value is -5.65. The molecule has 0 radical (unpaired) electrons. The fourth-order valence-electron chi connectivity index (χ4n) is 9.75. The first-order valence-corrected chi connectivity index (χ1v) is 21.9. The number of para-hydroxylation sites is 2. The van der Waals surface area contributed by atoms with Crippen molar-refractivity contribution in [1.29, 1.82) is 0 Å². The summed E-state index contributed by atoms with van der Waals surface area (Å²) in [5, 5.41) is 2.22. The van der Waals surface area contributed by atoms with Gasteiger partial charge < -0.3 is 0 Å². The first-order valence-electron chi connectivity index (χ1n) is 26.3. The predicted octanol–water partition coefficient (Wildman–Crippen LogP) is 12.2. The molecule has 0 unspecified atom stereocenters. The summed E-state index contributed by atoms with van der Waals surface area (Å²) in [6.07, 6.45) is 11.3. The van der Waals surface area contributed by atoms with Gasteiger partial charge in [0.2, 0.25) is 5.95 Å². The van der Waals surface area contributed by atoms with E-state index < -0.39 is 86.6 Å². The number of rotatable bonds is 8. The molecule has 2 aliphatic carbocycles. The molecule has 2 aromatic heterocycles. The second-order valence-corrected chi connectivity index (χ2v) is 19.7. The van der Waals surface area contributed by atoms with Crippen LogP contribution in [-0.2, 0) is 0 Å². The summed E-state index contributed by atoms with van der Waals surface area (Å²) in [6.45, 7) is 0. The molecule has 0 aliphatic heterocycles. The van der Waals surface area contributed by atoms with Crippen LogP contribution in [0.15, 0.2) is 157 Å². The summed E-state index contributed by atoms with van der Waals surface area (Å²) >= 11 is 0. The van der Waals surface area contributed by atoms with Crippen molar-refractivity contribution < 1.29 is 17.8 Å². The van der Waals surface area contributed by atoms with Crippen LogP contribution >= 0.6 is 0 Å². The van der Waals surface area contributed by atoms with Gasteiger partial charge in [0, 0.05) is 21.9 Å². The second-order valence-electron chi connectivity index (χ2n) is 15.1. The van der Waals surface area contributed by atoms with E-state index in [0.717, 1.165) is 62.5 Å². The Morgan fingerprint density at radius 1 is 0.464 bits per heavy atom. The van der Waals surface area contributed by atoms with Gasteiger partial charge >= 0.3 is 0 Å². The van der Waals surface area contributed by atoms with Gasteiger partial charge in [0.1, 0.15) is 8.07 Å². The predicted molar refractivity (Wildman–Crippen MR) is 236 cm³/mol. The largest absolute Gasteiger partial charge is 0.278 e. The summed E-state index contributed by atoms with van der Waals surface area (Å²) in [7, 11) is -2.76. The summed E-state index contributed by atoms with van der Waals surface area (Å²) in [5.74, 6) is -0.623. The minimum absolute atomic E-state index is 0.0357. The van der Waals surface area contributed by atoms with Gasteiger partial charge in [-0.3, -0.25) is 4.57 Å². The van der Waals surface area contributed by atoms with E-state index in [2.05, 4.69) is 60.7 Å². The minimum atomic E-state index is -2.76. The number of hydrogen-bond acceptors (Lipinski definition) is 3. The van der Waals surface area contributed by atoms with Gasteiger partial charge in [0.25, 0.3) is 0 Å². The van der Waals surface area contributed by atoms with E-state index in [4.69, 9.17) is 30.0 Å². The maximum Gasteiger partial charge on any atom is 0.238 e. The van der Waals surface area contributed by atoms with Crippen LogP contribution in [-0.4, -0.2) is 27.6 Å². The van der Waals surface area contributed by atoms with Crippen molar-refractivity contribution in [3.8, 4) is 39.9 Å². The second kappa shape index (κ2) is 15.1. The van der Waals surface area contributed by atoms with E-state index >= 15 is 0 Å². The Kier molecular flexibility index (Phi) is 6.32. The lowest BCUT2D eigenvalue weighted by atomic mass is 9.99. The molecule has 2 fully saturated rings. The molecule has 0 spiro atoms. The van der Waals surface area contributed by atoms with Crippen LogP contribution in [0, 0.1) is 0 Å². The van der Waals surface area contributed by atoms with Crippen molar-refractivity contribution in [1.82, 2.24) is 19.5 Å². The molecule has 10 rings (SSSR count). The molecule has 0 N–H and O–H groups in total. The molecule has 8 aromatic rings. The summed E-state index contributed by atoms with van der Waals surface area (Å²) < 4.78 is 116. The zero-order valence-electron chi connectivity index (χ0n) is 44.0. The van der Waals surface area contributed by atoms with E-state index in [1.165, 1.54) is 27.8 Å². The molecule has 0 bridgehead atoms. The Morgan fingerprint density at radius 3 is 1.57 bits per heavy atom. The lowest BCUT2D eigenvalue weighted by molar-refractivity contribution is 0.459. The van der Waals surface area contributed by atoms with Crippen LogP contribution < -0.4 is 10.4 Å². The Bertz CT molecular complexity index is 3240. The number of hydrogen-bond donors (Lipinski definition) is 0. The number of benzene rings is 6. The fourth-order valence-corrected chi connectivity index (χ4v) is 16.8. The molecular formula is C51H48N4Si. The minimum Gasteiger partial charge on any atom is -0.278 e. The Labute approximate surface area is 349 Å². The molecule has 0 amide bonds. The first-order chi connectivity index (χ1) is 33.2. The molecule has 5 heteroatoms. The maximum atomic E-state index is 9.20. The van der Waals surface area contributed by atoms with Crippen molar-refractivity contribution in [2.45, 2.75) is 75.3 Å². The molecule has 56 heavy (non-hydrogen) atoms. The van der Waals surface area contributed by atoms with Gasteiger partial charge in [0.05, 0.1) is 28.9 Å². The highest BCUT2D eigenvalue weighted by Gasteiger charge is 2.50. The highest BCUT2D eigenvalue weighted by Crippen LogP contribution is 2.48. The monoisotopic (exact) mass is 757 g/mol. The van der Waals surface area contributed by atoms with Gasteiger partial charge in [-0.15, -0.1) is 0 Å². The maximum absolute atomic E-state index is 9.20. The number of nitrogens with zero attached hydrogens (tertiary/aromatic N) is 4. The van der Waals surface area contributed by atoms with Gasteiger partial charge in [-0.25, -0.2) is 4.98 Å². The summed E-state index contributed by atoms with van der Waals surface area (Å²) in [4.78, 5) is 14.6. The molecule has 0 atom stereocenters. The van der Waals surface area contributed by atoms with Crippen LogP contribution in [0.25, 0.3) is 61.7 Å². The summed E-state index contributed by atoms with van der Waals surface area (Å²) in [6, 6.07) is 20.1. The smallest absolute Gasteiger partial charge is 0.238 e. The van der Waals surface area contributed by atoms with Crippen LogP contribution in [0.4, 0.5) is 0 Å². The third-order valence-electron chi connectivity index (χ3n) is 12.1. The Balaban J connectivity index is 1.30. The van der Waals surface area contributed by atoms with Crippen molar-refractivity contribution in [2.75, 3.05) is 0 Å². The van der Waals surface area contributed by atoms with E-state index in [0.29, 0.717) is 16.6 Å². The fraction of sp³-hybridized carbons (Fsp3) is 0.235. The van der Waals surface area contributed by atoms with Crippen LogP contribution in [0.5, 0.6) is 0 Å². The molecule has 2 saturated carbocycles. The van der Waals surface area contributed by atoms with Gasteiger partial charge in [0.15, 0.2) is 11.6 Å². The lowest BCUT2D eigenvalue weighted by Gasteiger charge is -2.49. The quantitative estimate of drug-likeness (QED) is 0.145. The topological polar surface area (TPSA) is 43.6 Å². The van der Waals surface area contributed by atoms with Crippen molar-refractivity contribution in [3.05, 3.63) is 157 Å².